The number of hydrogen-bond acceptors (Lipinski definition) is 7. The van der Waals surface area contributed by atoms with Crippen LogP contribution < -0.4 is 10.6 Å². The minimum atomic E-state index is -1.85. The molecule has 7 rings (SSSR count). The van der Waals surface area contributed by atoms with E-state index in [1.165, 1.54) is 6.08 Å². The normalized spacial score (nSPS) is 36.2. The number of amides is 2. The zero-order chi connectivity index (χ0) is 33.6. The van der Waals surface area contributed by atoms with Gasteiger partial charge in [-0.2, -0.15) is 0 Å². The number of ether oxygens (including phenoxy) is 3. The Labute approximate surface area is 276 Å². The molecule has 7 atom stereocenters. The third-order valence-electron chi connectivity index (χ3n) is 12.4. The molecule has 2 saturated carbocycles. The van der Waals surface area contributed by atoms with E-state index in [0.29, 0.717) is 44.3 Å². The zero-order valence-electron chi connectivity index (χ0n) is 28.5. The fourth-order valence-corrected chi connectivity index (χ4v) is 9.91. The first-order valence-corrected chi connectivity index (χ1v) is 17.5. The van der Waals surface area contributed by atoms with Crippen LogP contribution in [-0.4, -0.2) is 69.9 Å². The van der Waals surface area contributed by atoms with Crippen molar-refractivity contribution >= 4 is 28.8 Å². The van der Waals surface area contributed by atoms with Crippen LogP contribution in [0.5, 0.6) is 0 Å². The van der Waals surface area contributed by atoms with E-state index in [0.717, 1.165) is 47.8 Å². The molecule has 3 N–H and O–H groups in total. The molecule has 2 aliphatic heterocycles. The highest BCUT2D eigenvalue weighted by Gasteiger charge is 2.78. The van der Waals surface area contributed by atoms with Crippen LogP contribution in [0.4, 0.5) is 9.59 Å². The lowest BCUT2D eigenvalue weighted by Gasteiger charge is -2.67. The summed E-state index contributed by atoms with van der Waals surface area (Å²) in [4.78, 5) is 41.1. The van der Waals surface area contributed by atoms with Crippen LogP contribution in [0.25, 0.3) is 10.9 Å². The SMILES string of the molecule is CCCCNC(=O)O[C@H]1C[C@H]2Cc3c(n(C(=O)NCCCC)c4ccccc34)[C@]2(C)[C@@]2(C)CC[C@@]34O[C@@H](C(=O)C=C3[C@]12O)C(C)(C)O4. The van der Waals surface area contributed by atoms with Crippen molar-refractivity contribution in [3.8, 4) is 0 Å². The topological polar surface area (TPSA) is 128 Å². The first kappa shape index (κ1) is 32.3. The number of aliphatic hydroxyl groups is 1. The van der Waals surface area contributed by atoms with Crippen molar-refractivity contribution in [2.45, 2.75) is 128 Å². The Morgan fingerprint density at radius 1 is 1.04 bits per heavy atom. The van der Waals surface area contributed by atoms with E-state index >= 15 is 0 Å². The zero-order valence-corrected chi connectivity index (χ0v) is 28.5. The number of fused-ring (bicyclic) bond motifs is 9. The minimum Gasteiger partial charge on any atom is -0.443 e. The van der Waals surface area contributed by atoms with Gasteiger partial charge >= 0.3 is 12.1 Å². The molecule has 5 aliphatic rings. The Morgan fingerprint density at radius 3 is 2.47 bits per heavy atom. The third kappa shape index (κ3) is 4.23. The van der Waals surface area contributed by atoms with Crippen molar-refractivity contribution in [3.05, 3.63) is 47.2 Å². The Balaban J connectivity index is 1.41. The number of rotatable bonds is 7. The van der Waals surface area contributed by atoms with Crippen LogP contribution in [0.15, 0.2) is 35.9 Å². The van der Waals surface area contributed by atoms with Crippen molar-refractivity contribution in [3.63, 3.8) is 0 Å². The maximum absolute atomic E-state index is 14.1. The number of carbonyl (C=O) groups is 3. The Kier molecular flexibility index (Phi) is 7.50. The van der Waals surface area contributed by atoms with Crippen molar-refractivity contribution in [1.82, 2.24) is 15.2 Å². The number of aromatic nitrogens is 1. The lowest BCUT2D eigenvalue weighted by molar-refractivity contribution is -0.273. The highest BCUT2D eigenvalue weighted by atomic mass is 16.8. The molecule has 0 unspecified atom stereocenters. The summed E-state index contributed by atoms with van der Waals surface area (Å²) in [6, 6.07) is 7.80. The summed E-state index contributed by atoms with van der Waals surface area (Å²) in [7, 11) is 0. The van der Waals surface area contributed by atoms with Crippen LogP contribution in [-0.2, 0) is 30.8 Å². The smallest absolute Gasteiger partial charge is 0.407 e. The molecule has 2 bridgehead atoms. The first-order valence-electron chi connectivity index (χ1n) is 17.5. The molecule has 47 heavy (non-hydrogen) atoms. The molecule has 1 aromatic carbocycles. The number of nitrogens with one attached hydrogen (secondary N) is 2. The largest absolute Gasteiger partial charge is 0.443 e. The maximum Gasteiger partial charge on any atom is 0.407 e. The summed E-state index contributed by atoms with van der Waals surface area (Å²) in [5.74, 6) is -1.66. The molecule has 0 radical (unpaired) electrons. The van der Waals surface area contributed by atoms with Gasteiger partial charge in [-0.15, -0.1) is 0 Å². The standard InChI is InChI=1S/C37H49N3O7/c1-7-9-17-38-31(42)40-25-14-12-11-13-23(25)24-19-22-20-28(45-32(43)39-18-10-8-2)37(44)27-21-26(41)30-33(3,4)47-36(27,46-30)16-15-34(37,5)35(22,6)29(24)40/h11-14,21-22,28,30,44H,7-10,15-20H2,1-6H3,(H,38,42)(H,39,43)/t22-,28+,30+,34-,35-,36+,37+/m1/s1. The number of benzene rings is 1. The molecular weight excluding hydrogens is 598 g/mol. The number of unbranched alkanes of at least 4 members (excludes halogenated alkanes) is 2. The van der Waals surface area contributed by atoms with E-state index in [-0.39, 0.29) is 17.7 Å². The summed E-state index contributed by atoms with van der Waals surface area (Å²) in [6.07, 6.45) is 4.51. The van der Waals surface area contributed by atoms with Gasteiger partial charge in [0.05, 0.1) is 5.52 Å². The number of nitrogens with zero attached hydrogens (tertiary/aromatic N) is 1. The van der Waals surface area contributed by atoms with Gasteiger partial charge in [0.15, 0.2) is 17.7 Å². The predicted molar refractivity (Wildman–Crippen MR) is 176 cm³/mol. The molecule has 3 aliphatic carbocycles. The monoisotopic (exact) mass is 647 g/mol. The van der Waals surface area contributed by atoms with E-state index < -0.39 is 46.1 Å². The van der Waals surface area contributed by atoms with Crippen molar-refractivity contribution < 1.29 is 33.7 Å². The lowest BCUT2D eigenvalue weighted by atomic mass is 9.41. The molecule has 2 amide bonds. The van der Waals surface area contributed by atoms with Crippen molar-refractivity contribution in [2.24, 2.45) is 11.3 Å². The summed E-state index contributed by atoms with van der Waals surface area (Å²) < 4.78 is 21.1. The summed E-state index contributed by atoms with van der Waals surface area (Å²) in [5, 5.41) is 20.6. The highest BCUT2D eigenvalue weighted by molar-refractivity contribution is 5.98. The molecule has 1 aromatic heterocycles. The number of alkyl carbamates (subject to hydrolysis) is 1. The quantitative estimate of drug-likeness (QED) is 0.331. The van der Waals surface area contributed by atoms with Gasteiger partial charge < -0.3 is 30.0 Å². The molecule has 3 heterocycles. The van der Waals surface area contributed by atoms with Crippen LogP contribution >= 0.6 is 0 Å². The summed E-state index contributed by atoms with van der Waals surface area (Å²) >= 11 is 0. The second-order valence-electron chi connectivity index (χ2n) is 15.3. The van der Waals surface area contributed by atoms with Crippen molar-refractivity contribution in [2.75, 3.05) is 13.1 Å². The fourth-order valence-electron chi connectivity index (χ4n) is 9.91. The Morgan fingerprint density at radius 2 is 1.74 bits per heavy atom. The molecule has 2 aromatic rings. The van der Waals surface area contributed by atoms with Crippen molar-refractivity contribution in [1.29, 1.82) is 0 Å². The number of carbonyl (C=O) groups excluding carboxylic acids is 3. The molecule has 254 valence electrons. The minimum absolute atomic E-state index is 0.0611. The number of para-hydroxylation sites is 1. The average Bonchev–Trinajstić information content (AvgIpc) is 3.60. The molecule has 10 nitrogen and oxygen atoms in total. The Bertz CT molecular complexity index is 1680. The fraction of sp³-hybridized carbons (Fsp3) is 0.649. The lowest BCUT2D eigenvalue weighted by Crippen LogP contribution is -2.75. The molecular formula is C37H49N3O7. The van der Waals surface area contributed by atoms with E-state index in [9.17, 15) is 19.5 Å². The molecule has 10 heteroatoms. The van der Waals surface area contributed by atoms with Crippen LogP contribution in [0.1, 0.15) is 97.7 Å². The van der Waals surface area contributed by atoms with E-state index in [1.54, 1.807) is 0 Å². The molecule has 1 saturated heterocycles. The van der Waals surface area contributed by atoms with E-state index in [1.807, 2.05) is 50.5 Å². The highest BCUT2D eigenvalue weighted by Crippen LogP contribution is 2.72. The second kappa shape index (κ2) is 10.9. The summed E-state index contributed by atoms with van der Waals surface area (Å²) in [5.41, 5.74) is -1.39. The first-order chi connectivity index (χ1) is 22.3. The van der Waals surface area contributed by atoms with Gasteiger partial charge in [0.25, 0.3) is 0 Å². The molecule has 3 fully saturated rings. The van der Waals surface area contributed by atoms with Gasteiger partial charge in [0.1, 0.15) is 17.3 Å². The van der Waals surface area contributed by atoms with Gasteiger partial charge in [0.2, 0.25) is 0 Å². The van der Waals surface area contributed by atoms with Gasteiger partial charge in [-0.25, -0.2) is 9.59 Å². The second-order valence-corrected chi connectivity index (χ2v) is 15.3. The van der Waals surface area contributed by atoms with Crippen LogP contribution in [0.3, 0.4) is 0 Å². The van der Waals surface area contributed by atoms with Gasteiger partial charge in [0, 0.05) is 47.0 Å². The molecule has 1 spiro atoms. The van der Waals surface area contributed by atoms with E-state index in [4.69, 9.17) is 14.2 Å². The van der Waals surface area contributed by atoms with Gasteiger partial charge in [-0.3, -0.25) is 9.36 Å². The van der Waals surface area contributed by atoms with Crippen LogP contribution in [0.2, 0.25) is 0 Å². The van der Waals surface area contributed by atoms with Gasteiger partial charge in [-0.1, -0.05) is 58.7 Å². The Hall–Kier alpha value is -3.21. The summed E-state index contributed by atoms with van der Waals surface area (Å²) in [6.45, 7) is 13.0. The van der Waals surface area contributed by atoms with E-state index in [2.05, 4.69) is 30.5 Å². The predicted octanol–water partition coefficient (Wildman–Crippen LogP) is 5.66. The average molecular weight is 648 g/mol. The van der Waals surface area contributed by atoms with Gasteiger partial charge in [-0.05, 0) is 69.6 Å². The maximum atomic E-state index is 14.1. The number of hydrogen-bond donors (Lipinski definition) is 3. The third-order valence-corrected chi connectivity index (χ3v) is 12.4. The van der Waals surface area contributed by atoms with Crippen LogP contribution in [0, 0.1) is 11.3 Å². The number of ketones is 1.